The summed E-state index contributed by atoms with van der Waals surface area (Å²) in [7, 11) is 1.67. The molecule has 150 valence electrons. The molecule has 0 aliphatic carbocycles. The van der Waals surface area contributed by atoms with Crippen molar-refractivity contribution in [3.63, 3.8) is 0 Å². The number of nitrogens with zero attached hydrogens (tertiary/aromatic N) is 2. The van der Waals surface area contributed by atoms with Crippen LogP contribution in [0.2, 0.25) is 0 Å². The van der Waals surface area contributed by atoms with Crippen LogP contribution in [0, 0.1) is 0 Å². The van der Waals surface area contributed by atoms with Crippen LogP contribution >= 0.6 is 0 Å². The number of carbonyl (C=O) groups excluding carboxylic acids is 1. The van der Waals surface area contributed by atoms with Gasteiger partial charge in [-0.05, 0) is 42.7 Å². The third kappa shape index (κ3) is 5.82. The maximum absolute atomic E-state index is 12.9. The number of nitrogens with one attached hydrogen (secondary N) is 1. The van der Waals surface area contributed by atoms with Crippen molar-refractivity contribution in [2.45, 2.75) is 19.9 Å². The zero-order chi connectivity index (χ0) is 20.5. The van der Waals surface area contributed by atoms with Crippen LogP contribution in [-0.4, -0.2) is 36.0 Å². The molecule has 0 spiro atoms. The van der Waals surface area contributed by atoms with Crippen molar-refractivity contribution in [3.8, 4) is 5.75 Å². The van der Waals surface area contributed by atoms with Crippen molar-refractivity contribution in [2.75, 3.05) is 25.5 Å². The van der Waals surface area contributed by atoms with Crippen LogP contribution in [0.3, 0.4) is 0 Å². The molecule has 3 aromatic rings. The number of anilines is 1. The SMILES string of the molecule is CCN(Cc1ccccc1)C(=O)c1cncc(NCCc2cccc(OC)c2)c1. The molecule has 0 unspecified atom stereocenters. The summed E-state index contributed by atoms with van der Waals surface area (Å²) >= 11 is 0. The molecular formula is C24H27N3O2. The Morgan fingerprint density at radius 2 is 1.83 bits per heavy atom. The highest BCUT2D eigenvalue weighted by Gasteiger charge is 2.15. The molecular weight excluding hydrogens is 362 g/mol. The van der Waals surface area contributed by atoms with E-state index in [9.17, 15) is 4.79 Å². The predicted octanol–water partition coefficient (Wildman–Crippen LogP) is 4.41. The molecule has 5 heteroatoms. The Labute approximate surface area is 172 Å². The van der Waals surface area contributed by atoms with E-state index in [-0.39, 0.29) is 5.91 Å². The molecule has 0 bridgehead atoms. The molecule has 0 saturated carbocycles. The van der Waals surface area contributed by atoms with Gasteiger partial charge in [0.2, 0.25) is 0 Å². The molecule has 0 saturated heterocycles. The van der Waals surface area contributed by atoms with E-state index >= 15 is 0 Å². The van der Waals surface area contributed by atoms with Crippen molar-refractivity contribution in [1.82, 2.24) is 9.88 Å². The second-order valence-electron chi connectivity index (χ2n) is 6.80. The average molecular weight is 389 g/mol. The first-order chi connectivity index (χ1) is 14.2. The maximum atomic E-state index is 12.9. The maximum Gasteiger partial charge on any atom is 0.255 e. The molecule has 29 heavy (non-hydrogen) atoms. The zero-order valence-electron chi connectivity index (χ0n) is 17.0. The molecule has 0 aliphatic heterocycles. The fourth-order valence-electron chi connectivity index (χ4n) is 3.15. The summed E-state index contributed by atoms with van der Waals surface area (Å²) in [4.78, 5) is 19.0. The fourth-order valence-corrected chi connectivity index (χ4v) is 3.15. The van der Waals surface area contributed by atoms with E-state index in [1.54, 1.807) is 19.5 Å². The second kappa shape index (κ2) is 10.3. The van der Waals surface area contributed by atoms with Crippen molar-refractivity contribution in [2.24, 2.45) is 0 Å². The highest BCUT2D eigenvalue weighted by atomic mass is 16.5. The number of hydrogen-bond acceptors (Lipinski definition) is 4. The van der Waals surface area contributed by atoms with Crippen LogP contribution in [0.15, 0.2) is 73.1 Å². The molecule has 5 nitrogen and oxygen atoms in total. The van der Waals surface area contributed by atoms with Gasteiger partial charge in [0.15, 0.2) is 0 Å². The molecule has 1 N–H and O–H groups in total. The van der Waals surface area contributed by atoms with Crippen LogP contribution in [0.1, 0.15) is 28.4 Å². The number of pyridine rings is 1. The van der Waals surface area contributed by atoms with Gasteiger partial charge < -0.3 is 15.0 Å². The number of methoxy groups -OCH3 is 1. The third-order valence-electron chi connectivity index (χ3n) is 4.75. The van der Waals surface area contributed by atoms with Crippen molar-refractivity contribution < 1.29 is 9.53 Å². The standard InChI is InChI=1S/C24H27N3O2/c1-3-27(18-20-8-5-4-6-9-20)24(28)21-15-22(17-25-16-21)26-13-12-19-10-7-11-23(14-19)29-2/h4-11,14-17,26H,3,12-13,18H2,1-2H3. The lowest BCUT2D eigenvalue weighted by Crippen LogP contribution is -2.30. The van der Waals surface area contributed by atoms with Gasteiger partial charge >= 0.3 is 0 Å². The van der Waals surface area contributed by atoms with Gasteiger partial charge in [-0.1, -0.05) is 42.5 Å². The summed E-state index contributed by atoms with van der Waals surface area (Å²) in [5.74, 6) is 0.843. The highest BCUT2D eigenvalue weighted by Crippen LogP contribution is 2.15. The first-order valence-corrected chi connectivity index (χ1v) is 9.84. The van der Waals surface area contributed by atoms with E-state index < -0.39 is 0 Å². The molecule has 0 fully saturated rings. The molecule has 3 rings (SSSR count). The summed E-state index contributed by atoms with van der Waals surface area (Å²) in [6, 6.07) is 19.9. The fraction of sp³-hybridized carbons (Fsp3) is 0.250. The van der Waals surface area contributed by atoms with Crippen LogP contribution in [0.5, 0.6) is 5.75 Å². The van der Waals surface area contributed by atoms with Gasteiger partial charge in [-0.2, -0.15) is 0 Å². The van der Waals surface area contributed by atoms with Crippen molar-refractivity contribution in [1.29, 1.82) is 0 Å². The van der Waals surface area contributed by atoms with Gasteiger partial charge in [0, 0.05) is 32.0 Å². The molecule has 2 aromatic carbocycles. The monoisotopic (exact) mass is 389 g/mol. The summed E-state index contributed by atoms with van der Waals surface area (Å²) in [6.07, 6.45) is 4.23. The number of aromatic nitrogens is 1. The number of carbonyl (C=O) groups is 1. The second-order valence-corrected chi connectivity index (χ2v) is 6.80. The van der Waals surface area contributed by atoms with Crippen LogP contribution in [0.25, 0.3) is 0 Å². The molecule has 1 amide bonds. The smallest absolute Gasteiger partial charge is 0.255 e. The summed E-state index contributed by atoms with van der Waals surface area (Å²) in [5.41, 5.74) is 3.74. The van der Waals surface area contributed by atoms with Gasteiger partial charge in [0.05, 0.1) is 18.4 Å². The van der Waals surface area contributed by atoms with E-state index in [0.717, 1.165) is 30.0 Å². The van der Waals surface area contributed by atoms with Crippen LogP contribution in [0.4, 0.5) is 5.69 Å². The molecule has 0 radical (unpaired) electrons. The third-order valence-corrected chi connectivity index (χ3v) is 4.75. The minimum atomic E-state index is -0.0136. The van der Waals surface area contributed by atoms with Crippen LogP contribution < -0.4 is 10.1 Å². The van der Waals surface area contributed by atoms with Gasteiger partial charge in [-0.15, -0.1) is 0 Å². The van der Waals surface area contributed by atoms with E-state index in [4.69, 9.17) is 4.74 Å². The minimum absolute atomic E-state index is 0.0136. The predicted molar refractivity (Wildman–Crippen MR) is 116 cm³/mol. The average Bonchev–Trinajstić information content (AvgIpc) is 2.78. The Hall–Kier alpha value is -3.34. The lowest BCUT2D eigenvalue weighted by molar-refractivity contribution is 0.0752. The summed E-state index contributed by atoms with van der Waals surface area (Å²) in [5, 5.41) is 3.36. The Bertz CT molecular complexity index is 928. The van der Waals surface area contributed by atoms with Gasteiger partial charge in [-0.25, -0.2) is 0 Å². The Kier molecular flexibility index (Phi) is 7.22. The molecule has 0 atom stereocenters. The van der Waals surface area contributed by atoms with E-state index in [1.807, 2.05) is 66.4 Å². The summed E-state index contributed by atoms with van der Waals surface area (Å²) in [6.45, 7) is 3.96. The topological polar surface area (TPSA) is 54.5 Å². The Balaban J connectivity index is 1.61. The molecule has 1 heterocycles. The molecule has 0 aliphatic rings. The van der Waals surface area contributed by atoms with Crippen LogP contribution in [-0.2, 0) is 13.0 Å². The minimum Gasteiger partial charge on any atom is -0.497 e. The lowest BCUT2D eigenvalue weighted by Gasteiger charge is -2.21. The number of rotatable bonds is 9. The van der Waals surface area contributed by atoms with Gasteiger partial charge in [-0.3, -0.25) is 9.78 Å². The quantitative estimate of drug-likeness (QED) is 0.589. The zero-order valence-corrected chi connectivity index (χ0v) is 17.0. The number of amides is 1. The van der Waals surface area contributed by atoms with E-state index in [0.29, 0.717) is 18.7 Å². The first kappa shape index (κ1) is 20.4. The van der Waals surface area contributed by atoms with Crippen molar-refractivity contribution >= 4 is 11.6 Å². The van der Waals surface area contributed by atoms with Crippen molar-refractivity contribution in [3.05, 3.63) is 89.7 Å². The largest absolute Gasteiger partial charge is 0.497 e. The van der Waals surface area contributed by atoms with Gasteiger partial charge in [0.1, 0.15) is 5.75 Å². The number of hydrogen-bond donors (Lipinski definition) is 1. The lowest BCUT2D eigenvalue weighted by atomic mass is 10.1. The number of benzene rings is 2. The Morgan fingerprint density at radius 1 is 1.03 bits per heavy atom. The number of ether oxygens (including phenoxy) is 1. The molecule has 1 aromatic heterocycles. The first-order valence-electron chi connectivity index (χ1n) is 9.84. The van der Waals surface area contributed by atoms with Gasteiger partial charge in [0.25, 0.3) is 5.91 Å². The summed E-state index contributed by atoms with van der Waals surface area (Å²) < 4.78 is 5.26. The van der Waals surface area contributed by atoms with E-state index in [2.05, 4.69) is 16.4 Å². The normalized spacial score (nSPS) is 10.4. The van der Waals surface area contributed by atoms with E-state index in [1.165, 1.54) is 5.56 Å². The Morgan fingerprint density at radius 3 is 2.59 bits per heavy atom. The highest BCUT2D eigenvalue weighted by molar-refractivity contribution is 5.94.